The summed E-state index contributed by atoms with van der Waals surface area (Å²) in [6.45, 7) is 5.35. The number of hydrogen-bond donors (Lipinski definition) is 1. The number of likely N-dealkylation sites (N-methyl/N-ethyl adjacent to an activating group) is 1. The summed E-state index contributed by atoms with van der Waals surface area (Å²) in [5.41, 5.74) is 1.24. The smallest absolute Gasteiger partial charge is 0.212 e. The van der Waals surface area contributed by atoms with E-state index < -0.39 is 0 Å². The van der Waals surface area contributed by atoms with E-state index in [1.165, 1.54) is 15.3 Å². The fourth-order valence-corrected chi connectivity index (χ4v) is 3.44. The summed E-state index contributed by atoms with van der Waals surface area (Å²) in [4.78, 5) is 7.21. The van der Waals surface area contributed by atoms with E-state index in [1.54, 1.807) is 7.11 Å². The van der Waals surface area contributed by atoms with E-state index in [1.807, 2.05) is 23.6 Å². The maximum atomic E-state index is 5.11. The van der Waals surface area contributed by atoms with Crippen molar-refractivity contribution in [3.8, 4) is 5.88 Å². The van der Waals surface area contributed by atoms with Crippen LogP contribution in [0.2, 0.25) is 0 Å². The Labute approximate surface area is 131 Å². The van der Waals surface area contributed by atoms with Crippen molar-refractivity contribution in [2.24, 2.45) is 0 Å². The lowest BCUT2D eigenvalue weighted by Gasteiger charge is -2.17. The Kier molecular flexibility index (Phi) is 6.21. The molecule has 0 aliphatic heterocycles. The van der Waals surface area contributed by atoms with Gasteiger partial charge in [-0.25, -0.2) is 4.98 Å². The van der Waals surface area contributed by atoms with Crippen LogP contribution in [0.15, 0.2) is 30.5 Å². The van der Waals surface area contributed by atoms with Crippen LogP contribution in [0.5, 0.6) is 5.88 Å². The number of ether oxygens (including phenoxy) is 1. The minimum atomic E-state index is 0.452. The number of rotatable bonds is 8. The molecule has 2 aromatic rings. The molecule has 0 saturated heterocycles. The molecule has 1 N–H and O–H groups in total. The second kappa shape index (κ2) is 8.15. The summed E-state index contributed by atoms with van der Waals surface area (Å²) in [7, 11) is 1.64. The molecule has 0 saturated carbocycles. The Morgan fingerprint density at radius 3 is 2.52 bits per heavy atom. The quantitative estimate of drug-likeness (QED) is 0.811. The van der Waals surface area contributed by atoms with Crippen LogP contribution in [0.1, 0.15) is 29.2 Å². The summed E-state index contributed by atoms with van der Waals surface area (Å²) in [6.07, 6.45) is 5.10. The molecule has 4 heteroatoms. The number of nitrogens with zero attached hydrogens (tertiary/aromatic N) is 1. The third-order valence-corrected chi connectivity index (χ3v) is 4.75. The molecule has 114 valence electrons. The molecule has 0 aliphatic rings. The molecule has 0 aromatic carbocycles. The van der Waals surface area contributed by atoms with Crippen LogP contribution < -0.4 is 10.1 Å². The average Bonchev–Trinajstić information content (AvgIpc) is 2.96. The van der Waals surface area contributed by atoms with Crippen LogP contribution >= 0.6 is 11.3 Å². The van der Waals surface area contributed by atoms with Crippen molar-refractivity contribution in [2.45, 2.75) is 39.2 Å². The van der Waals surface area contributed by atoms with Gasteiger partial charge in [0.15, 0.2) is 0 Å². The van der Waals surface area contributed by atoms with E-state index in [0.29, 0.717) is 11.9 Å². The molecule has 21 heavy (non-hydrogen) atoms. The zero-order valence-corrected chi connectivity index (χ0v) is 13.9. The molecular formula is C17H24N2OS. The van der Waals surface area contributed by atoms with E-state index in [-0.39, 0.29) is 0 Å². The molecule has 0 aliphatic carbocycles. The normalized spacial score (nSPS) is 12.3. The Morgan fingerprint density at radius 1 is 1.14 bits per heavy atom. The van der Waals surface area contributed by atoms with Crippen molar-refractivity contribution < 1.29 is 4.74 Å². The van der Waals surface area contributed by atoms with Gasteiger partial charge in [-0.2, -0.15) is 0 Å². The third kappa shape index (κ3) is 4.83. The van der Waals surface area contributed by atoms with Crippen molar-refractivity contribution in [3.63, 3.8) is 0 Å². The Bertz CT molecular complexity index is 536. The van der Waals surface area contributed by atoms with E-state index in [0.717, 1.165) is 25.8 Å². The molecule has 2 aromatic heterocycles. The van der Waals surface area contributed by atoms with E-state index in [4.69, 9.17) is 4.74 Å². The topological polar surface area (TPSA) is 34.1 Å². The van der Waals surface area contributed by atoms with Gasteiger partial charge in [0.05, 0.1) is 7.11 Å². The van der Waals surface area contributed by atoms with Gasteiger partial charge in [0.1, 0.15) is 0 Å². The van der Waals surface area contributed by atoms with E-state index >= 15 is 0 Å². The maximum Gasteiger partial charge on any atom is 0.212 e. The van der Waals surface area contributed by atoms with Gasteiger partial charge in [0.2, 0.25) is 5.88 Å². The molecule has 0 fully saturated rings. The highest BCUT2D eigenvalue weighted by atomic mass is 32.1. The number of aryl methyl sites for hydroxylation is 1. The first-order valence-electron chi connectivity index (χ1n) is 7.55. The van der Waals surface area contributed by atoms with Crippen molar-refractivity contribution in [2.75, 3.05) is 13.7 Å². The number of aromatic nitrogens is 1. The van der Waals surface area contributed by atoms with Crippen LogP contribution in [-0.4, -0.2) is 24.7 Å². The Balaban J connectivity index is 2.00. The van der Waals surface area contributed by atoms with Crippen LogP contribution in [0.3, 0.4) is 0 Å². The first-order valence-corrected chi connectivity index (χ1v) is 8.36. The molecular weight excluding hydrogens is 280 g/mol. The zero-order valence-electron chi connectivity index (χ0n) is 13.1. The monoisotopic (exact) mass is 304 g/mol. The molecule has 0 spiro atoms. The second-order valence-electron chi connectivity index (χ2n) is 5.09. The molecule has 0 radical (unpaired) electrons. The zero-order chi connectivity index (χ0) is 15.1. The lowest BCUT2D eigenvalue weighted by Crippen LogP contribution is -2.32. The molecule has 3 nitrogen and oxygen atoms in total. The number of pyridine rings is 1. The predicted molar refractivity (Wildman–Crippen MR) is 89.4 cm³/mol. The molecule has 2 rings (SSSR count). The number of thiophene rings is 1. The van der Waals surface area contributed by atoms with Crippen LogP contribution in [0, 0.1) is 0 Å². The lowest BCUT2D eigenvalue weighted by atomic mass is 10.0. The lowest BCUT2D eigenvalue weighted by molar-refractivity contribution is 0.397. The predicted octanol–water partition coefficient (Wildman–Crippen LogP) is 3.48. The van der Waals surface area contributed by atoms with Gasteiger partial charge in [-0.1, -0.05) is 19.9 Å². The highest BCUT2D eigenvalue weighted by molar-refractivity contribution is 7.11. The van der Waals surface area contributed by atoms with E-state index in [2.05, 4.69) is 42.3 Å². The van der Waals surface area contributed by atoms with Crippen LogP contribution in [0.4, 0.5) is 0 Å². The largest absolute Gasteiger partial charge is 0.481 e. The Morgan fingerprint density at radius 2 is 1.95 bits per heavy atom. The van der Waals surface area contributed by atoms with Gasteiger partial charge >= 0.3 is 0 Å². The first kappa shape index (κ1) is 16.0. The summed E-state index contributed by atoms with van der Waals surface area (Å²) in [6, 6.07) is 8.99. The van der Waals surface area contributed by atoms with Crippen molar-refractivity contribution in [3.05, 3.63) is 45.8 Å². The van der Waals surface area contributed by atoms with Crippen molar-refractivity contribution in [1.82, 2.24) is 10.3 Å². The molecule has 2 heterocycles. The molecule has 1 unspecified atom stereocenters. The highest BCUT2D eigenvalue weighted by Gasteiger charge is 2.11. The van der Waals surface area contributed by atoms with Gasteiger partial charge in [-0.15, -0.1) is 11.3 Å². The van der Waals surface area contributed by atoms with Gasteiger partial charge in [0.25, 0.3) is 0 Å². The molecule has 0 bridgehead atoms. The summed E-state index contributed by atoms with van der Waals surface area (Å²) >= 11 is 1.93. The SMILES string of the molecule is CCNC(Cc1ccc(OC)nc1)Cc1ccc(CC)s1. The van der Waals surface area contributed by atoms with Gasteiger partial charge in [0, 0.05) is 28.1 Å². The standard InChI is InChI=1S/C17H24N2OS/c1-4-15-7-8-16(21-15)11-14(18-5-2)10-13-6-9-17(20-3)19-12-13/h6-9,12,14,18H,4-5,10-11H2,1-3H3. The van der Waals surface area contributed by atoms with Crippen molar-refractivity contribution >= 4 is 11.3 Å². The minimum Gasteiger partial charge on any atom is -0.481 e. The second-order valence-corrected chi connectivity index (χ2v) is 6.35. The summed E-state index contributed by atoms with van der Waals surface area (Å²) < 4.78 is 5.11. The number of methoxy groups -OCH3 is 1. The van der Waals surface area contributed by atoms with Crippen molar-refractivity contribution in [1.29, 1.82) is 0 Å². The summed E-state index contributed by atoms with van der Waals surface area (Å²) in [5.74, 6) is 0.671. The van der Waals surface area contributed by atoms with Crippen LogP contribution in [0.25, 0.3) is 0 Å². The van der Waals surface area contributed by atoms with Crippen LogP contribution in [-0.2, 0) is 19.3 Å². The fourth-order valence-electron chi connectivity index (χ4n) is 2.41. The Hall–Kier alpha value is -1.39. The number of nitrogens with one attached hydrogen (secondary N) is 1. The average molecular weight is 304 g/mol. The van der Waals surface area contributed by atoms with Gasteiger partial charge in [-0.05, 0) is 43.5 Å². The highest BCUT2D eigenvalue weighted by Crippen LogP contribution is 2.20. The third-order valence-electron chi connectivity index (χ3n) is 3.49. The maximum absolute atomic E-state index is 5.11. The van der Waals surface area contributed by atoms with Gasteiger partial charge in [-0.3, -0.25) is 0 Å². The number of hydrogen-bond acceptors (Lipinski definition) is 4. The van der Waals surface area contributed by atoms with Gasteiger partial charge < -0.3 is 10.1 Å². The molecule has 0 amide bonds. The van der Waals surface area contributed by atoms with E-state index in [9.17, 15) is 0 Å². The first-order chi connectivity index (χ1) is 10.2. The summed E-state index contributed by atoms with van der Waals surface area (Å²) in [5, 5.41) is 3.58. The minimum absolute atomic E-state index is 0.452. The fraction of sp³-hybridized carbons (Fsp3) is 0.471. The molecule has 1 atom stereocenters.